The molecule has 3 heterocycles. The SMILES string of the molecule is CCCCc1nc(C=O)c(Cl)n1Cc1cn(CC(=O)Nc2nc(-c3ccc(Cl)cc3)cs2)nn1. The van der Waals surface area contributed by atoms with Gasteiger partial charge in [0.1, 0.15) is 28.9 Å². The summed E-state index contributed by atoms with van der Waals surface area (Å²) < 4.78 is 3.19. The number of thiazole rings is 1. The third-order valence-electron chi connectivity index (χ3n) is 4.98. The maximum Gasteiger partial charge on any atom is 0.247 e. The molecular formula is C22H21Cl2N7O2S. The van der Waals surface area contributed by atoms with Crippen LogP contribution < -0.4 is 5.32 Å². The Bertz CT molecular complexity index is 1300. The van der Waals surface area contributed by atoms with Gasteiger partial charge in [0, 0.05) is 22.4 Å². The van der Waals surface area contributed by atoms with Crippen LogP contribution in [-0.4, -0.2) is 41.7 Å². The highest BCUT2D eigenvalue weighted by Gasteiger charge is 2.17. The van der Waals surface area contributed by atoms with Gasteiger partial charge < -0.3 is 9.88 Å². The molecule has 0 fully saturated rings. The molecule has 1 aromatic carbocycles. The van der Waals surface area contributed by atoms with Gasteiger partial charge in [-0.15, -0.1) is 16.4 Å². The van der Waals surface area contributed by atoms with Crippen molar-refractivity contribution >= 4 is 51.9 Å². The van der Waals surface area contributed by atoms with Gasteiger partial charge >= 0.3 is 0 Å². The predicted octanol–water partition coefficient (Wildman–Crippen LogP) is 4.75. The molecule has 0 radical (unpaired) electrons. The van der Waals surface area contributed by atoms with E-state index >= 15 is 0 Å². The van der Waals surface area contributed by atoms with Crippen LogP contribution in [0.25, 0.3) is 11.3 Å². The average molecular weight is 518 g/mol. The van der Waals surface area contributed by atoms with Crippen molar-refractivity contribution in [2.75, 3.05) is 5.32 Å². The average Bonchev–Trinajstić information content (AvgIpc) is 3.54. The molecule has 0 bridgehead atoms. The standard InChI is InChI=1S/C22H21Cl2N7O2S/c1-2-3-4-19-25-17(12-32)21(24)31(19)10-16-9-30(29-28-16)11-20(33)27-22-26-18(13-34-22)14-5-7-15(23)8-6-14/h5-9,12-13H,2-4,10-11H2,1H3,(H,26,27,33). The Morgan fingerprint density at radius 2 is 2.00 bits per heavy atom. The van der Waals surface area contributed by atoms with Gasteiger partial charge in [0.2, 0.25) is 5.91 Å². The van der Waals surface area contributed by atoms with Crippen molar-refractivity contribution in [3.8, 4) is 11.3 Å². The maximum atomic E-state index is 12.5. The van der Waals surface area contributed by atoms with Crippen molar-refractivity contribution < 1.29 is 9.59 Å². The number of nitrogens with one attached hydrogen (secondary N) is 1. The van der Waals surface area contributed by atoms with Crippen LogP contribution in [0.1, 0.15) is 41.8 Å². The summed E-state index contributed by atoms with van der Waals surface area (Å²) in [6.07, 6.45) is 4.93. The molecule has 1 amide bonds. The first kappa shape index (κ1) is 24.1. The van der Waals surface area contributed by atoms with Gasteiger partial charge in [0.15, 0.2) is 11.4 Å². The van der Waals surface area contributed by atoms with Crippen LogP contribution in [0.4, 0.5) is 5.13 Å². The summed E-state index contributed by atoms with van der Waals surface area (Å²) in [6.45, 7) is 2.36. The summed E-state index contributed by atoms with van der Waals surface area (Å²) in [5.74, 6) is 0.447. The number of carbonyl (C=O) groups excluding carboxylic acids is 2. The number of unbranched alkanes of at least 4 members (excludes halogenated alkanes) is 1. The Hall–Kier alpha value is -3.08. The van der Waals surface area contributed by atoms with Crippen LogP contribution in [0.15, 0.2) is 35.8 Å². The number of anilines is 1. The van der Waals surface area contributed by atoms with E-state index < -0.39 is 0 Å². The number of aryl methyl sites for hydroxylation is 1. The van der Waals surface area contributed by atoms with Crippen molar-refractivity contribution in [3.63, 3.8) is 0 Å². The fraction of sp³-hybridized carbons (Fsp3) is 0.273. The minimum Gasteiger partial charge on any atom is -0.312 e. The Kier molecular flexibility index (Phi) is 7.71. The minimum atomic E-state index is -0.277. The summed E-state index contributed by atoms with van der Waals surface area (Å²) in [6, 6.07) is 7.33. The van der Waals surface area contributed by atoms with Gasteiger partial charge in [-0.05, 0) is 18.6 Å². The number of aromatic nitrogens is 6. The quantitative estimate of drug-likeness (QED) is 0.304. The van der Waals surface area contributed by atoms with Crippen LogP contribution in [0.3, 0.4) is 0 Å². The highest BCUT2D eigenvalue weighted by molar-refractivity contribution is 7.14. The van der Waals surface area contributed by atoms with Crippen molar-refractivity contribution in [1.82, 2.24) is 29.5 Å². The van der Waals surface area contributed by atoms with E-state index in [1.807, 2.05) is 17.5 Å². The molecule has 4 aromatic rings. The van der Waals surface area contributed by atoms with Crippen LogP contribution in [-0.2, 0) is 24.3 Å². The molecule has 0 saturated carbocycles. The van der Waals surface area contributed by atoms with Crippen molar-refractivity contribution in [2.24, 2.45) is 0 Å². The first-order valence-electron chi connectivity index (χ1n) is 10.6. The second-order valence-corrected chi connectivity index (χ2v) is 9.16. The summed E-state index contributed by atoms with van der Waals surface area (Å²) in [7, 11) is 0. The summed E-state index contributed by atoms with van der Waals surface area (Å²) in [5.41, 5.74) is 2.48. The lowest BCUT2D eigenvalue weighted by Gasteiger charge is -2.06. The van der Waals surface area contributed by atoms with E-state index in [4.69, 9.17) is 23.2 Å². The topological polar surface area (TPSA) is 108 Å². The van der Waals surface area contributed by atoms with E-state index in [0.29, 0.717) is 35.1 Å². The molecular weight excluding hydrogens is 497 g/mol. The highest BCUT2D eigenvalue weighted by Crippen LogP contribution is 2.26. The second-order valence-electron chi connectivity index (χ2n) is 7.51. The fourth-order valence-electron chi connectivity index (χ4n) is 3.30. The van der Waals surface area contributed by atoms with Crippen LogP contribution in [0.5, 0.6) is 0 Å². The van der Waals surface area contributed by atoms with Crippen LogP contribution >= 0.6 is 34.5 Å². The number of hydrogen-bond acceptors (Lipinski definition) is 7. The monoisotopic (exact) mass is 517 g/mol. The van der Waals surface area contributed by atoms with Gasteiger partial charge in [0.05, 0.1) is 18.4 Å². The van der Waals surface area contributed by atoms with Crippen molar-refractivity contribution in [3.05, 3.63) is 63.2 Å². The number of carbonyl (C=O) groups is 2. The third-order valence-corrected chi connectivity index (χ3v) is 6.38. The number of nitrogens with zero attached hydrogens (tertiary/aromatic N) is 6. The number of hydrogen-bond donors (Lipinski definition) is 1. The smallest absolute Gasteiger partial charge is 0.247 e. The number of imidazole rings is 1. The Morgan fingerprint density at radius 1 is 1.21 bits per heavy atom. The normalized spacial score (nSPS) is 11.0. The number of benzene rings is 1. The van der Waals surface area contributed by atoms with E-state index in [2.05, 4.69) is 32.5 Å². The first-order valence-corrected chi connectivity index (χ1v) is 12.2. The molecule has 0 aliphatic heterocycles. The molecule has 4 rings (SSSR count). The summed E-state index contributed by atoms with van der Waals surface area (Å²) in [4.78, 5) is 32.5. The summed E-state index contributed by atoms with van der Waals surface area (Å²) >= 11 is 13.6. The zero-order chi connectivity index (χ0) is 24.1. The largest absolute Gasteiger partial charge is 0.312 e. The molecule has 0 unspecified atom stereocenters. The molecule has 1 N–H and O–H groups in total. The highest BCUT2D eigenvalue weighted by atomic mass is 35.5. The van der Waals surface area contributed by atoms with Crippen molar-refractivity contribution in [2.45, 2.75) is 39.3 Å². The number of rotatable bonds is 10. The van der Waals surface area contributed by atoms with Gasteiger partial charge in [-0.3, -0.25) is 9.59 Å². The first-order chi connectivity index (χ1) is 16.5. The maximum absolute atomic E-state index is 12.5. The Labute approximate surface area is 209 Å². The van der Waals surface area contributed by atoms with Gasteiger partial charge in [-0.2, -0.15) is 0 Å². The summed E-state index contributed by atoms with van der Waals surface area (Å²) in [5, 5.41) is 14.2. The molecule has 176 valence electrons. The lowest BCUT2D eigenvalue weighted by atomic mass is 10.2. The molecule has 12 heteroatoms. The van der Waals surface area contributed by atoms with E-state index in [-0.39, 0.29) is 23.3 Å². The van der Waals surface area contributed by atoms with E-state index in [0.717, 1.165) is 29.9 Å². The molecule has 3 aromatic heterocycles. The predicted molar refractivity (Wildman–Crippen MR) is 132 cm³/mol. The van der Waals surface area contributed by atoms with Crippen LogP contribution in [0.2, 0.25) is 10.2 Å². The Balaban J connectivity index is 1.39. The zero-order valence-corrected chi connectivity index (χ0v) is 20.6. The van der Waals surface area contributed by atoms with Gasteiger partial charge in [0.25, 0.3) is 0 Å². The number of amides is 1. The molecule has 0 atom stereocenters. The number of aldehydes is 1. The molecule has 0 spiro atoms. The molecule has 34 heavy (non-hydrogen) atoms. The molecule has 0 aliphatic carbocycles. The number of halogens is 2. The van der Waals surface area contributed by atoms with E-state index in [1.165, 1.54) is 16.0 Å². The van der Waals surface area contributed by atoms with Crippen LogP contribution in [0, 0.1) is 0 Å². The van der Waals surface area contributed by atoms with Gasteiger partial charge in [-0.1, -0.05) is 53.9 Å². The Morgan fingerprint density at radius 3 is 2.74 bits per heavy atom. The molecule has 0 aliphatic rings. The molecule has 9 nitrogen and oxygen atoms in total. The lowest BCUT2D eigenvalue weighted by Crippen LogP contribution is -2.19. The van der Waals surface area contributed by atoms with Crippen molar-refractivity contribution in [1.29, 1.82) is 0 Å². The van der Waals surface area contributed by atoms with Gasteiger partial charge in [-0.25, -0.2) is 14.6 Å². The third kappa shape index (κ3) is 5.69. The molecule has 0 saturated heterocycles. The van der Waals surface area contributed by atoms with E-state index in [1.54, 1.807) is 22.9 Å². The minimum absolute atomic E-state index is 0.0250. The fourth-order valence-corrected chi connectivity index (χ4v) is 4.41. The second kappa shape index (κ2) is 10.9. The lowest BCUT2D eigenvalue weighted by molar-refractivity contribution is -0.116. The van der Waals surface area contributed by atoms with E-state index in [9.17, 15) is 9.59 Å². The zero-order valence-electron chi connectivity index (χ0n) is 18.2.